The summed E-state index contributed by atoms with van der Waals surface area (Å²) in [4.78, 5) is 17.3. The molecule has 7 heteroatoms. The van der Waals surface area contributed by atoms with Gasteiger partial charge in [-0.1, -0.05) is 0 Å². The van der Waals surface area contributed by atoms with E-state index in [9.17, 15) is 4.57 Å². The van der Waals surface area contributed by atoms with Crippen LogP contribution in [0, 0.1) is 0 Å². The summed E-state index contributed by atoms with van der Waals surface area (Å²) in [5.74, 6) is 0. The van der Waals surface area contributed by atoms with Crippen LogP contribution in [0.25, 0.3) is 0 Å². The van der Waals surface area contributed by atoms with Crippen molar-refractivity contribution in [2.24, 2.45) is 0 Å². The highest BCUT2D eigenvalue weighted by atomic mass is 79.9. The fourth-order valence-electron chi connectivity index (χ4n) is 0.0985. The molecule has 0 aliphatic carbocycles. The molecule has 0 aromatic rings. The van der Waals surface area contributed by atoms with Gasteiger partial charge >= 0.3 is 7.60 Å². The molecule has 0 aromatic carbocycles. The highest BCUT2D eigenvalue weighted by molar-refractivity contribution is 9.08. The van der Waals surface area contributed by atoms with E-state index in [1.807, 2.05) is 0 Å². The van der Waals surface area contributed by atoms with Crippen molar-refractivity contribution in [1.29, 1.82) is 0 Å². The van der Waals surface area contributed by atoms with Crippen molar-refractivity contribution in [2.45, 2.75) is 19.1 Å². The van der Waals surface area contributed by atoms with Crippen molar-refractivity contribution in [3.8, 4) is 0 Å². The van der Waals surface area contributed by atoms with Gasteiger partial charge in [-0.2, -0.15) is 0 Å². The number of nitrogens with zero attached hydrogens (tertiary/aromatic N) is 1. The highest BCUT2D eigenvalue weighted by Gasteiger charge is 2.42. The molecule has 0 aliphatic rings. The van der Waals surface area contributed by atoms with Crippen LogP contribution < -0.4 is 0 Å². The zero-order valence-corrected chi connectivity index (χ0v) is 8.69. The summed E-state index contributed by atoms with van der Waals surface area (Å²) in [6.45, 7) is 2.66. The molecule has 0 amide bonds. The normalized spacial score (nSPS) is 14.3. The smallest absolute Gasteiger partial charge is 0.323 e. The number of hydrogen-bond donors (Lipinski definition) is 2. The van der Waals surface area contributed by atoms with E-state index in [0.717, 1.165) is 3.45 Å². The molecule has 62 valence electrons. The minimum absolute atomic E-state index is 0.792. The molecule has 0 bridgehead atoms. The maximum Gasteiger partial charge on any atom is 0.347 e. The molecule has 0 fully saturated rings. The first-order valence-corrected chi connectivity index (χ1v) is 5.03. The standard InChI is InChI=1S/C3H8BrClNO3P/c1-3(2,6(4)5)10(7,8)9/h1-2H3,(H2,7,8,9). The van der Waals surface area contributed by atoms with Crippen LogP contribution in [-0.4, -0.2) is 18.5 Å². The summed E-state index contributed by atoms with van der Waals surface area (Å²) in [5, 5.41) is -1.38. The Labute approximate surface area is 72.8 Å². The topological polar surface area (TPSA) is 60.8 Å². The predicted octanol–water partition coefficient (Wildman–Crippen LogP) is 1.67. The molecule has 0 aromatic heterocycles. The largest absolute Gasteiger partial charge is 0.347 e. The molecular formula is C3H8BrClNO3P. The fourth-order valence-corrected chi connectivity index (χ4v) is 1.21. The van der Waals surface area contributed by atoms with E-state index < -0.39 is 12.9 Å². The molecule has 2 N–H and O–H groups in total. The van der Waals surface area contributed by atoms with Gasteiger partial charge in [-0.05, 0) is 25.6 Å². The molecule has 0 saturated carbocycles. The molecule has 0 unspecified atom stereocenters. The lowest BCUT2D eigenvalue weighted by molar-refractivity contribution is 0.309. The monoisotopic (exact) mass is 251 g/mol. The third kappa shape index (κ3) is 2.19. The van der Waals surface area contributed by atoms with Crippen molar-refractivity contribution >= 4 is 35.5 Å². The molecule has 0 radical (unpaired) electrons. The van der Waals surface area contributed by atoms with E-state index in [4.69, 9.17) is 21.6 Å². The van der Waals surface area contributed by atoms with Crippen molar-refractivity contribution in [2.75, 3.05) is 0 Å². The summed E-state index contributed by atoms with van der Waals surface area (Å²) in [6, 6.07) is 0. The van der Waals surface area contributed by atoms with Gasteiger partial charge in [0.15, 0.2) is 0 Å². The second-order valence-corrected chi connectivity index (χ2v) is 5.91. The Morgan fingerprint density at radius 1 is 1.60 bits per heavy atom. The lowest BCUT2D eigenvalue weighted by atomic mass is 10.4. The van der Waals surface area contributed by atoms with Crippen molar-refractivity contribution in [3.63, 3.8) is 0 Å². The minimum Gasteiger partial charge on any atom is -0.323 e. The summed E-state index contributed by atoms with van der Waals surface area (Å²) >= 11 is 8.05. The molecule has 0 atom stereocenters. The van der Waals surface area contributed by atoms with Gasteiger partial charge in [0.25, 0.3) is 0 Å². The summed E-state index contributed by atoms with van der Waals surface area (Å²) < 4.78 is 11.4. The molecule has 0 aliphatic heterocycles. The quantitative estimate of drug-likeness (QED) is 0.580. The Bertz CT molecular complexity index is 167. The van der Waals surface area contributed by atoms with E-state index in [2.05, 4.69) is 16.1 Å². The maximum atomic E-state index is 10.6. The van der Waals surface area contributed by atoms with Crippen LogP contribution in [-0.2, 0) is 4.57 Å². The number of halogens is 2. The van der Waals surface area contributed by atoms with Crippen LogP contribution in [0.3, 0.4) is 0 Å². The van der Waals surface area contributed by atoms with Crippen LogP contribution in [0.1, 0.15) is 13.8 Å². The van der Waals surface area contributed by atoms with Gasteiger partial charge in [0, 0.05) is 16.1 Å². The molecule has 0 saturated heterocycles. The van der Waals surface area contributed by atoms with Gasteiger partial charge in [-0.3, -0.25) is 4.57 Å². The van der Waals surface area contributed by atoms with E-state index in [1.54, 1.807) is 0 Å². The van der Waals surface area contributed by atoms with Crippen LogP contribution in [0.4, 0.5) is 0 Å². The van der Waals surface area contributed by atoms with E-state index >= 15 is 0 Å². The Morgan fingerprint density at radius 2 is 1.90 bits per heavy atom. The van der Waals surface area contributed by atoms with Crippen LogP contribution in [0.5, 0.6) is 0 Å². The van der Waals surface area contributed by atoms with Gasteiger partial charge < -0.3 is 9.79 Å². The van der Waals surface area contributed by atoms with E-state index in [0.29, 0.717) is 0 Å². The average molecular weight is 252 g/mol. The predicted molar refractivity (Wildman–Crippen MR) is 42.7 cm³/mol. The second-order valence-electron chi connectivity index (χ2n) is 2.27. The molecule has 0 spiro atoms. The third-order valence-electron chi connectivity index (χ3n) is 1.13. The Kier molecular flexibility index (Phi) is 3.36. The van der Waals surface area contributed by atoms with Crippen LogP contribution in [0.15, 0.2) is 0 Å². The minimum atomic E-state index is -4.18. The first kappa shape index (κ1) is 10.9. The number of rotatable bonds is 2. The van der Waals surface area contributed by atoms with Gasteiger partial charge in [-0.25, -0.2) is 0 Å². The Balaban J connectivity index is 4.58. The average Bonchev–Trinajstić information content (AvgIpc) is 1.62. The molecule has 0 heterocycles. The Hall–Kier alpha value is 0.880. The Morgan fingerprint density at radius 3 is 1.90 bits per heavy atom. The van der Waals surface area contributed by atoms with Gasteiger partial charge in [0.05, 0.1) is 0 Å². The second kappa shape index (κ2) is 3.09. The zero-order valence-electron chi connectivity index (χ0n) is 5.45. The van der Waals surface area contributed by atoms with E-state index in [-0.39, 0.29) is 0 Å². The third-order valence-corrected chi connectivity index (χ3v) is 4.45. The highest BCUT2D eigenvalue weighted by Crippen LogP contribution is 2.53. The van der Waals surface area contributed by atoms with Gasteiger partial charge in [0.1, 0.15) is 5.28 Å². The fraction of sp³-hybridized carbons (Fsp3) is 1.00. The lowest BCUT2D eigenvalue weighted by Crippen LogP contribution is -2.30. The van der Waals surface area contributed by atoms with Crippen molar-refractivity contribution in [3.05, 3.63) is 0 Å². The molecule has 0 rings (SSSR count). The van der Waals surface area contributed by atoms with Crippen molar-refractivity contribution in [1.82, 2.24) is 3.45 Å². The van der Waals surface area contributed by atoms with Crippen molar-refractivity contribution < 1.29 is 14.4 Å². The first-order chi connectivity index (χ1) is 4.19. The summed E-state index contributed by atoms with van der Waals surface area (Å²) in [6.07, 6.45) is 0. The summed E-state index contributed by atoms with van der Waals surface area (Å²) in [7, 11) is -4.18. The first-order valence-electron chi connectivity index (χ1n) is 2.37. The molecule has 10 heavy (non-hydrogen) atoms. The zero-order chi connectivity index (χ0) is 8.58. The lowest BCUT2D eigenvalue weighted by Gasteiger charge is -2.28. The maximum absolute atomic E-state index is 10.6. The summed E-state index contributed by atoms with van der Waals surface area (Å²) in [5.41, 5.74) is 0. The van der Waals surface area contributed by atoms with E-state index in [1.165, 1.54) is 13.8 Å². The SMILES string of the molecule is CC(C)(N(Cl)Br)P(=O)(O)O. The van der Waals surface area contributed by atoms with Gasteiger partial charge in [0.2, 0.25) is 0 Å². The van der Waals surface area contributed by atoms with Gasteiger partial charge in [-0.15, -0.1) is 3.45 Å². The number of hydrogen-bond acceptors (Lipinski definition) is 2. The van der Waals surface area contributed by atoms with Crippen LogP contribution in [0.2, 0.25) is 0 Å². The molecule has 4 nitrogen and oxygen atoms in total. The van der Waals surface area contributed by atoms with Crippen LogP contribution >= 0.6 is 35.5 Å². The molecular weight excluding hydrogens is 244 g/mol.